The second kappa shape index (κ2) is 8.51. The maximum atomic E-state index is 2.50. The Bertz CT molecular complexity index is 518. The van der Waals surface area contributed by atoms with Crippen molar-refractivity contribution in [3.05, 3.63) is 65.7 Å². The average molecular weight is 281 g/mol. The molecule has 0 aliphatic rings. The molecule has 0 heterocycles. The van der Waals surface area contributed by atoms with Crippen LogP contribution < -0.4 is 4.90 Å². The molecule has 0 saturated carbocycles. The molecule has 2 rings (SSSR count). The first-order chi connectivity index (χ1) is 10.3. The minimum atomic E-state index is 1.09. The Morgan fingerprint density at radius 2 is 1.52 bits per heavy atom. The van der Waals surface area contributed by atoms with E-state index in [0.717, 1.165) is 25.9 Å². The molecule has 2 aromatic rings. The number of anilines is 1. The van der Waals surface area contributed by atoms with Crippen molar-refractivity contribution < 1.29 is 0 Å². The Kier molecular flexibility index (Phi) is 6.33. The van der Waals surface area contributed by atoms with Crippen molar-refractivity contribution >= 4 is 5.69 Å². The van der Waals surface area contributed by atoms with Crippen molar-refractivity contribution in [3.8, 4) is 0 Å². The molecule has 0 amide bonds. The molecule has 0 spiro atoms. The van der Waals surface area contributed by atoms with Gasteiger partial charge in [-0.05, 0) is 49.8 Å². The summed E-state index contributed by atoms with van der Waals surface area (Å²) in [5, 5.41) is 0. The molecule has 0 N–H and O–H groups in total. The lowest BCUT2D eigenvalue weighted by atomic mass is 10.0. The van der Waals surface area contributed by atoms with Crippen LogP contribution in [0.5, 0.6) is 0 Å². The molecule has 0 saturated heterocycles. The summed E-state index contributed by atoms with van der Waals surface area (Å²) in [6.45, 7) is 6.73. The summed E-state index contributed by atoms with van der Waals surface area (Å²) in [4.78, 5) is 2.50. The van der Waals surface area contributed by atoms with Crippen LogP contribution in [-0.4, -0.2) is 13.1 Å². The number of benzene rings is 2. The van der Waals surface area contributed by atoms with Crippen molar-refractivity contribution in [2.24, 2.45) is 0 Å². The molecule has 1 nitrogen and oxygen atoms in total. The van der Waals surface area contributed by atoms with Gasteiger partial charge in [0.15, 0.2) is 0 Å². The van der Waals surface area contributed by atoms with Crippen molar-refractivity contribution in [3.63, 3.8) is 0 Å². The van der Waals surface area contributed by atoms with Gasteiger partial charge in [-0.1, -0.05) is 55.5 Å². The van der Waals surface area contributed by atoms with Gasteiger partial charge in [-0.15, -0.1) is 0 Å². The zero-order valence-electron chi connectivity index (χ0n) is 13.4. The maximum absolute atomic E-state index is 2.50. The number of rotatable bonds is 8. The van der Waals surface area contributed by atoms with Crippen molar-refractivity contribution in [1.82, 2.24) is 0 Å². The standard InChI is InChI=1S/C20H27N/c1-3-17-21(4-2)20-16-9-8-14-19(20)15-10-13-18-11-6-5-7-12-18/h5-9,11-12,14,16H,3-4,10,13,15,17H2,1-2H3. The quantitative estimate of drug-likeness (QED) is 0.651. The third-order valence-corrected chi connectivity index (χ3v) is 3.96. The second-order valence-electron chi connectivity index (χ2n) is 5.55. The summed E-state index contributed by atoms with van der Waals surface area (Å²) in [5.74, 6) is 0. The lowest BCUT2D eigenvalue weighted by Gasteiger charge is -2.25. The van der Waals surface area contributed by atoms with Crippen LogP contribution >= 0.6 is 0 Å². The molecule has 0 aliphatic heterocycles. The fourth-order valence-corrected chi connectivity index (χ4v) is 2.88. The molecular formula is C20H27N. The molecule has 0 fully saturated rings. The summed E-state index contributed by atoms with van der Waals surface area (Å²) < 4.78 is 0. The minimum Gasteiger partial charge on any atom is -0.372 e. The normalized spacial score (nSPS) is 10.6. The number of nitrogens with zero attached hydrogens (tertiary/aromatic N) is 1. The Hall–Kier alpha value is -1.76. The monoisotopic (exact) mass is 281 g/mol. The van der Waals surface area contributed by atoms with E-state index in [2.05, 4.69) is 73.3 Å². The van der Waals surface area contributed by atoms with Crippen LogP contribution in [0.3, 0.4) is 0 Å². The minimum absolute atomic E-state index is 1.09. The number of aryl methyl sites for hydroxylation is 2. The summed E-state index contributed by atoms with van der Waals surface area (Å²) >= 11 is 0. The van der Waals surface area contributed by atoms with Crippen LogP contribution in [0, 0.1) is 0 Å². The van der Waals surface area contributed by atoms with E-state index >= 15 is 0 Å². The van der Waals surface area contributed by atoms with Crippen LogP contribution in [0.1, 0.15) is 37.8 Å². The van der Waals surface area contributed by atoms with E-state index in [9.17, 15) is 0 Å². The van der Waals surface area contributed by atoms with Crippen LogP contribution in [0.15, 0.2) is 54.6 Å². The summed E-state index contributed by atoms with van der Waals surface area (Å²) in [6.07, 6.45) is 4.73. The van der Waals surface area contributed by atoms with Crippen LogP contribution in [0.25, 0.3) is 0 Å². The van der Waals surface area contributed by atoms with Gasteiger partial charge in [0.05, 0.1) is 0 Å². The summed E-state index contributed by atoms with van der Waals surface area (Å²) in [6, 6.07) is 19.7. The second-order valence-corrected chi connectivity index (χ2v) is 5.55. The van der Waals surface area contributed by atoms with E-state index in [1.54, 1.807) is 0 Å². The van der Waals surface area contributed by atoms with Crippen molar-refractivity contribution in [2.75, 3.05) is 18.0 Å². The van der Waals surface area contributed by atoms with Crippen molar-refractivity contribution in [2.45, 2.75) is 39.5 Å². The van der Waals surface area contributed by atoms with Crippen LogP contribution in [0.2, 0.25) is 0 Å². The van der Waals surface area contributed by atoms with E-state index in [4.69, 9.17) is 0 Å². The molecule has 0 atom stereocenters. The Morgan fingerprint density at radius 1 is 0.810 bits per heavy atom. The van der Waals surface area contributed by atoms with Gasteiger partial charge in [-0.3, -0.25) is 0 Å². The number of hydrogen-bond acceptors (Lipinski definition) is 1. The van der Waals surface area contributed by atoms with Gasteiger partial charge >= 0.3 is 0 Å². The first kappa shape index (κ1) is 15.6. The molecule has 0 bridgehead atoms. The highest BCUT2D eigenvalue weighted by atomic mass is 15.1. The van der Waals surface area contributed by atoms with E-state index < -0.39 is 0 Å². The van der Waals surface area contributed by atoms with Gasteiger partial charge < -0.3 is 4.90 Å². The predicted molar refractivity (Wildman–Crippen MR) is 93.1 cm³/mol. The fraction of sp³-hybridized carbons (Fsp3) is 0.400. The van der Waals surface area contributed by atoms with Gasteiger partial charge in [0.25, 0.3) is 0 Å². The van der Waals surface area contributed by atoms with Gasteiger partial charge in [-0.25, -0.2) is 0 Å². The molecule has 112 valence electrons. The molecule has 2 aromatic carbocycles. The highest BCUT2D eigenvalue weighted by Gasteiger charge is 2.08. The van der Waals surface area contributed by atoms with E-state index in [-0.39, 0.29) is 0 Å². The lowest BCUT2D eigenvalue weighted by molar-refractivity contribution is 0.771. The van der Waals surface area contributed by atoms with E-state index in [1.165, 1.54) is 29.7 Å². The Morgan fingerprint density at radius 3 is 2.24 bits per heavy atom. The molecule has 21 heavy (non-hydrogen) atoms. The fourth-order valence-electron chi connectivity index (χ4n) is 2.88. The summed E-state index contributed by atoms with van der Waals surface area (Å²) in [7, 11) is 0. The topological polar surface area (TPSA) is 3.24 Å². The molecular weight excluding hydrogens is 254 g/mol. The van der Waals surface area contributed by atoms with Gasteiger partial charge in [0.1, 0.15) is 0 Å². The highest BCUT2D eigenvalue weighted by molar-refractivity contribution is 5.53. The maximum Gasteiger partial charge on any atom is 0.0398 e. The van der Waals surface area contributed by atoms with Gasteiger partial charge in [0.2, 0.25) is 0 Å². The van der Waals surface area contributed by atoms with Crippen LogP contribution in [0.4, 0.5) is 5.69 Å². The Labute approximate surface area is 129 Å². The first-order valence-electron chi connectivity index (χ1n) is 8.22. The number of hydrogen-bond donors (Lipinski definition) is 0. The first-order valence-corrected chi connectivity index (χ1v) is 8.22. The highest BCUT2D eigenvalue weighted by Crippen LogP contribution is 2.22. The smallest absolute Gasteiger partial charge is 0.0398 e. The predicted octanol–water partition coefficient (Wildman–Crippen LogP) is 5.10. The molecule has 0 aliphatic carbocycles. The third kappa shape index (κ3) is 4.63. The lowest BCUT2D eigenvalue weighted by Crippen LogP contribution is -2.24. The largest absolute Gasteiger partial charge is 0.372 e. The van der Waals surface area contributed by atoms with Gasteiger partial charge in [0, 0.05) is 18.8 Å². The molecule has 1 heteroatoms. The summed E-state index contributed by atoms with van der Waals surface area (Å²) in [5.41, 5.74) is 4.36. The van der Waals surface area contributed by atoms with E-state index in [1.807, 2.05) is 0 Å². The molecule has 0 unspecified atom stereocenters. The van der Waals surface area contributed by atoms with Crippen LogP contribution in [-0.2, 0) is 12.8 Å². The van der Waals surface area contributed by atoms with Crippen molar-refractivity contribution in [1.29, 1.82) is 0 Å². The zero-order chi connectivity index (χ0) is 14.9. The third-order valence-electron chi connectivity index (χ3n) is 3.96. The average Bonchev–Trinajstić information content (AvgIpc) is 2.54. The van der Waals surface area contributed by atoms with Gasteiger partial charge in [-0.2, -0.15) is 0 Å². The molecule has 0 aromatic heterocycles. The molecule has 0 radical (unpaired) electrons. The SMILES string of the molecule is CCCN(CC)c1ccccc1CCCc1ccccc1. The Balaban J connectivity index is 1.99. The zero-order valence-corrected chi connectivity index (χ0v) is 13.4. The van der Waals surface area contributed by atoms with E-state index in [0.29, 0.717) is 0 Å². The number of para-hydroxylation sites is 1.